The van der Waals surface area contributed by atoms with Gasteiger partial charge in [0.25, 0.3) is 5.91 Å². The number of benzene rings is 2. The number of nitrogens with zero attached hydrogens (tertiary/aromatic N) is 2. The van der Waals surface area contributed by atoms with Gasteiger partial charge in [0, 0.05) is 6.54 Å². The lowest BCUT2D eigenvalue weighted by atomic mass is 10.1. The van der Waals surface area contributed by atoms with E-state index in [9.17, 15) is 18.7 Å². The van der Waals surface area contributed by atoms with Gasteiger partial charge in [0.05, 0.1) is 29.2 Å². The molecule has 3 rings (SSSR count). The zero-order valence-electron chi connectivity index (χ0n) is 14.7. The van der Waals surface area contributed by atoms with Crippen LogP contribution in [-0.4, -0.2) is 27.3 Å². The molecular formula is C20H19F2N3O2. The first kappa shape index (κ1) is 18.7. The van der Waals surface area contributed by atoms with E-state index in [1.54, 1.807) is 22.9 Å². The molecule has 1 amide bonds. The predicted molar refractivity (Wildman–Crippen MR) is 96.6 cm³/mol. The van der Waals surface area contributed by atoms with Crippen LogP contribution in [-0.2, 0) is 6.42 Å². The smallest absolute Gasteiger partial charge is 0.254 e. The van der Waals surface area contributed by atoms with Crippen molar-refractivity contribution in [3.05, 3.63) is 83.2 Å². The van der Waals surface area contributed by atoms with Crippen LogP contribution in [0.3, 0.4) is 0 Å². The van der Waals surface area contributed by atoms with E-state index in [2.05, 4.69) is 10.4 Å². The minimum atomic E-state index is -1.03. The van der Waals surface area contributed by atoms with E-state index in [0.29, 0.717) is 28.9 Å². The van der Waals surface area contributed by atoms with Gasteiger partial charge >= 0.3 is 0 Å². The molecule has 0 fully saturated rings. The predicted octanol–water partition coefficient (Wildman–Crippen LogP) is 3.18. The summed E-state index contributed by atoms with van der Waals surface area (Å²) in [5.74, 6) is -1.20. The highest BCUT2D eigenvalue weighted by Crippen LogP contribution is 2.17. The first-order valence-electron chi connectivity index (χ1n) is 8.54. The molecule has 0 radical (unpaired) electrons. The third-order valence-electron chi connectivity index (χ3n) is 4.21. The van der Waals surface area contributed by atoms with Gasteiger partial charge in [0.2, 0.25) is 0 Å². The zero-order chi connectivity index (χ0) is 19.4. The number of carbonyl (C=O) groups excluding carboxylic acids is 1. The van der Waals surface area contributed by atoms with Crippen molar-refractivity contribution in [3.8, 4) is 5.69 Å². The minimum absolute atomic E-state index is 0.0623. The van der Waals surface area contributed by atoms with Crippen LogP contribution in [0.25, 0.3) is 5.69 Å². The molecule has 1 aromatic heterocycles. The molecule has 0 aliphatic carbocycles. The Hall–Kier alpha value is -3.06. The maximum absolute atomic E-state index is 13.2. The van der Waals surface area contributed by atoms with Crippen LogP contribution < -0.4 is 5.32 Å². The van der Waals surface area contributed by atoms with E-state index in [1.165, 1.54) is 36.5 Å². The highest BCUT2D eigenvalue weighted by Gasteiger charge is 2.18. The second-order valence-electron chi connectivity index (χ2n) is 6.03. The van der Waals surface area contributed by atoms with Gasteiger partial charge in [0.1, 0.15) is 11.6 Å². The van der Waals surface area contributed by atoms with Gasteiger partial charge < -0.3 is 10.4 Å². The largest absolute Gasteiger partial charge is 0.387 e. The SMILES string of the molecule is CCc1c(C(=O)NCC(O)c2cccc(F)c2)cnn1-c1ccc(F)cc1. The average molecular weight is 371 g/mol. The molecule has 5 nitrogen and oxygen atoms in total. The van der Waals surface area contributed by atoms with Crippen molar-refractivity contribution >= 4 is 5.91 Å². The second-order valence-corrected chi connectivity index (χ2v) is 6.03. The Kier molecular flexibility index (Phi) is 5.61. The van der Waals surface area contributed by atoms with Crippen LogP contribution >= 0.6 is 0 Å². The highest BCUT2D eigenvalue weighted by atomic mass is 19.1. The summed E-state index contributed by atoms with van der Waals surface area (Å²) < 4.78 is 27.9. The summed E-state index contributed by atoms with van der Waals surface area (Å²) in [5, 5.41) is 17.0. The first-order valence-corrected chi connectivity index (χ1v) is 8.54. The molecule has 2 aromatic carbocycles. The monoisotopic (exact) mass is 371 g/mol. The van der Waals surface area contributed by atoms with Gasteiger partial charge in [0.15, 0.2) is 0 Å². The van der Waals surface area contributed by atoms with E-state index in [4.69, 9.17) is 0 Å². The van der Waals surface area contributed by atoms with Gasteiger partial charge in [-0.3, -0.25) is 4.79 Å². The molecule has 0 spiro atoms. The van der Waals surface area contributed by atoms with Gasteiger partial charge in [-0.1, -0.05) is 19.1 Å². The molecule has 0 saturated carbocycles. The summed E-state index contributed by atoms with van der Waals surface area (Å²) in [6.45, 7) is 1.82. The molecule has 7 heteroatoms. The Balaban J connectivity index is 1.74. The summed E-state index contributed by atoms with van der Waals surface area (Å²) in [4.78, 5) is 12.5. The number of hydrogen-bond acceptors (Lipinski definition) is 3. The van der Waals surface area contributed by atoms with Crippen LogP contribution in [0.5, 0.6) is 0 Å². The summed E-state index contributed by atoms with van der Waals surface area (Å²) >= 11 is 0. The third kappa shape index (κ3) is 4.20. The second kappa shape index (κ2) is 8.09. The van der Waals surface area contributed by atoms with Gasteiger partial charge in [-0.25, -0.2) is 13.5 Å². The summed E-state index contributed by atoms with van der Waals surface area (Å²) in [7, 11) is 0. The van der Waals surface area contributed by atoms with Crippen LogP contribution in [0.2, 0.25) is 0 Å². The molecule has 0 aliphatic heterocycles. The molecule has 27 heavy (non-hydrogen) atoms. The number of nitrogens with one attached hydrogen (secondary N) is 1. The van der Waals surface area contributed by atoms with Crippen LogP contribution in [0.15, 0.2) is 54.7 Å². The molecule has 0 bridgehead atoms. The lowest BCUT2D eigenvalue weighted by Gasteiger charge is -2.13. The first-order chi connectivity index (χ1) is 13.0. The number of aliphatic hydroxyl groups is 1. The maximum atomic E-state index is 13.2. The molecule has 1 heterocycles. The van der Waals surface area contributed by atoms with Crippen molar-refractivity contribution in [2.45, 2.75) is 19.4 Å². The van der Waals surface area contributed by atoms with Crippen LogP contribution in [0, 0.1) is 11.6 Å². The Labute approximate surface area is 155 Å². The van der Waals surface area contributed by atoms with Gasteiger partial charge in [-0.05, 0) is 48.4 Å². The van der Waals surface area contributed by atoms with Crippen molar-refractivity contribution in [1.82, 2.24) is 15.1 Å². The number of rotatable bonds is 6. The fourth-order valence-corrected chi connectivity index (χ4v) is 2.82. The topological polar surface area (TPSA) is 67.2 Å². The Morgan fingerprint density at radius 2 is 1.93 bits per heavy atom. The van der Waals surface area contributed by atoms with E-state index in [0.717, 1.165) is 0 Å². The standard InChI is InChI=1S/C20H19F2N3O2/c1-2-18-17(11-24-25(18)16-8-6-14(21)7-9-16)20(27)23-12-19(26)13-4-3-5-15(22)10-13/h3-11,19,26H,2,12H2,1H3,(H,23,27). The Bertz CT molecular complexity index is 939. The molecule has 2 N–H and O–H groups in total. The van der Waals surface area contributed by atoms with Crippen molar-refractivity contribution in [3.63, 3.8) is 0 Å². The van der Waals surface area contributed by atoms with Crippen molar-refractivity contribution in [1.29, 1.82) is 0 Å². The molecule has 3 aromatic rings. The lowest BCUT2D eigenvalue weighted by molar-refractivity contribution is 0.0915. The number of halogens is 2. The van der Waals surface area contributed by atoms with Crippen LogP contribution in [0.4, 0.5) is 8.78 Å². The normalized spacial score (nSPS) is 12.0. The zero-order valence-corrected chi connectivity index (χ0v) is 14.7. The summed E-state index contributed by atoms with van der Waals surface area (Å²) in [6.07, 6.45) is 0.945. The van der Waals surface area contributed by atoms with Crippen molar-refractivity contribution in [2.75, 3.05) is 6.54 Å². The highest BCUT2D eigenvalue weighted by molar-refractivity contribution is 5.95. The molecule has 0 aliphatic rings. The number of carbonyl (C=O) groups is 1. The van der Waals surface area contributed by atoms with Crippen molar-refractivity contribution in [2.24, 2.45) is 0 Å². The number of aromatic nitrogens is 2. The Morgan fingerprint density at radius 1 is 1.19 bits per heavy atom. The van der Waals surface area contributed by atoms with E-state index < -0.39 is 17.8 Å². The minimum Gasteiger partial charge on any atom is -0.387 e. The van der Waals surface area contributed by atoms with Gasteiger partial charge in [-0.15, -0.1) is 0 Å². The quantitative estimate of drug-likeness (QED) is 0.699. The summed E-state index contributed by atoms with van der Waals surface area (Å²) in [6, 6.07) is 11.4. The van der Waals surface area contributed by atoms with E-state index in [1.807, 2.05) is 6.92 Å². The number of amides is 1. The van der Waals surface area contributed by atoms with Crippen molar-refractivity contribution < 1.29 is 18.7 Å². The number of aliphatic hydroxyl groups excluding tert-OH is 1. The maximum Gasteiger partial charge on any atom is 0.254 e. The molecule has 140 valence electrons. The molecule has 1 atom stereocenters. The summed E-state index contributed by atoms with van der Waals surface area (Å²) in [5.41, 5.74) is 2.06. The Morgan fingerprint density at radius 3 is 2.59 bits per heavy atom. The molecule has 0 saturated heterocycles. The fraction of sp³-hybridized carbons (Fsp3) is 0.200. The average Bonchev–Trinajstić information content (AvgIpc) is 3.10. The molecule has 1 unspecified atom stereocenters. The van der Waals surface area contributed by atoms with Gasteiger partial charge in [-0.2, -0.15) is 5.10 Å². The van der Waals surface area contributed by atoms with E-state index >= 15 is 0 Å². The third-order valence-corrected chi connectivity index (χ3v) is 4.21. The lowest BCUT2D eigenvalue weighted by Crippen LogP contribution is -2.29. The van der Waals surface area contributed by atoms with Crippen LogP contribution in [0.1, 0.15) is 34.6 Å². The molecular weight excluding hydrogens is 352 g/mol. The van der Waals surface area contributed by atoms with E-state index in [-0.39, 0.29) is 12.4 Å². The fourth-order valence-electron chi connectivity index (χ4n) is 2.82. The number of hydrogen-bond donors (Lipinski definition) is 2.